The molecule has 246 valence electrons. The van der Waals surface area contributed by atoms with Gasteiger partial charge in [-0.05, 0) is 99.1 Å². The van der Waals surface area contributed by atoms with Gasteiger partial charge >= 0.3 is 0 Å². The minimum Gasteiger partial charge on any atom is -0.497 e. The van der Waals surface area contributed by atoms with Crippen molar-refractivity contribution in [3.05, 3.63) is 160 Å². The second-order valence-electron chi connectivity index (χ2n) is 15.2. The van der Waals surface area contributed by atoms with Crippen LogP contribution in [0.25, 0.3) is 39.1 Å². The molecular formula is C47H39FO2. The van der Waals surface area contributed by atoms with E-state index in [-0.39, 0.29) is 16.6 Å². The van der Waals surface area contributed by atoms with E-state index >= 15 is 4.39 Å². The average molecular weight is 655 g/mol. The van der Waals surface area contributed by atoms with Crippen molar-refractivity contribution >= 4 is 16.8 Å². The third kappa shape index (κ3) is 3.84. The predicted octanol–water partition coefficient (Wildman–Crippen LogP) is 11.9. The van der Waals surface area contributed by atoms with E-state index in [2.05, 4.69) is 105 Å². The van der Waals surface area contributed by atoms with E-state index in [0.717, 1.165) is 64.8 Å². The van der Waals surface area contributed by atoms with Gasteiger partial charge in [-0.25, -0.2) is 4.39 Å². The maximum Gasteiger partial charge on any atom is 0.178 e. The molecule has 1 aliphatic heterocycles. The summed E-state index contributed by atoms with van der Waals surface area (Å²) in [7, 11) is 1.70. The molecule has 0 bridgehead atoms. The van der Waals surface area contributed by atoms with Gasteiger partial charge in [-0.15, -0.1) is 0 Å². The molecule has 1 saturated carbocycles. The van der Waals surface area contributed by atoms with Gasteiger partial charge in [0.1, 0.15) is 17.3 Å². The highest BCUT2D eigenvalue weighted by Crippen LogP contribution is 2.62. The molecule has 6 aromatic rings. The molecule has 3 heteroatoms. The first-order chi connectivity index (χ1) is 24.4. The van der Waals surface area contributed by atoms with Crippen molar-refractivity contribution in [1.29, 1.82) is 0 Å². The van der Waals surface area contributed by atoms with Gasteiger partial charge in [-0.1, -0.05) is 118 Å². The zero-order valence-electron chi connectivity index (χ0n) is 28.8. The highest BCUT2D eigenvalue weighted by Gasteiger charge is 2.49. The number of methoxy groups -OCH3 is 1. The van der Waals surface area contributed by atoms with Gasteiger partial charge in [0, 0.05) is 32.9 Å². The van der Waals surface area contributed by atoms with E-state index in [9.17, 15) is 0 Å². The molecule has 0 saturated heterocycles. The quantitative estimate of drug-likeness (QED) is 0.189. The highest BCUT2D eigenvalue weighted by atomic mass is 19.1. The Morgan fingerprint density at radius 3 is 2.16 bits per heavy atom. The number of hydrogen-bond acceptors (Lipinski definition) is 2. The lowest BCUT2D eigenvalue weighted by Crippen LogP contribution is -2.36. The Kier molecular flexibility index (Phi) is 6.21. The van der Waals surface area contributed by atoms with Crippen molar-refractivity contribution in [3.8, 4) is 33.8 Å². The maximum absolute atomic E-state index is 15.1. The third-order valence-electron chi connectivity index (χ3n) is 12.4. The lowest BCUT2D eigenvalue weighted by atomic mass is 9.66. The molecule has 6 aromatic carbocycles. The molecule has 10 rings (SSSR count). The van der Waals surface area contributed by atoms with Gasteiger partial charge in [-0.3, -0.25) is 0 Å². The van der Waals surface area contributed by atoms with Crippen molar-refractivity contribution in [3.63, 3.8) is 0 Å². The first-order valence-electron chi connectivity index (χ1n) is 18.0. The lowest BCUT2D eigenvalue weighted by molar-refractivity contribution is 0.163. The molecule has 1 fully saturated rings. The van der Waals surface area contributed by atoms with E-state index < -0.39 is 5.60 Å². The van der Waals surface area contributed by atoms with Crippen LogP contribution in [0.1, 0.15) is 84.9 Å². The van der Waals surface area contributed by atoms with Crippen molar-refractivity contribution < 1.29 is 13.9 Å². The minimum atomic E-state index is -0.895. The fourth-order valence-corrected chi connectivity index (χ4v) is 10.1. The molecule has 0 aromatic heterocycles. The molecule has 1 atom stereocenters. The van der Waals surface area contributed by atoms with Crippen molar-refractivity contribution in [2.45, 2.75) is 62.4 Å². The average Bonchev–Trinajstić information content (AvgIpc) is 3.56. The van der Waals surface area contributed by atoms with Crippen LogP contribution >= 0.6 is 0 Å². The summed E-state index contributed by atoms with van der Waals surface area (Å²) >= 11 is 0. The van der Waals surface area contributed by atoms with Crippen LogP contribution in [-0.4, -0.2) is 7.11 Å². The van der Waals surface area contributed by atoms with E-state index in [1.54, 1.807) is 13.2 Å². The molecule has 1 unspecified atom stereocenters. The molecule has 1 spiro atoms. The zero-order valence-corrected chi connectivity index (χ0v) is 28.8. The van der Waals surface area contributed by atoms with Gasteiger partial charge in [0.15, 0.2) is 5.60 Å². The Bertz CT molecular complexity index is 2410. The number of halogens is 1. The Morgan fingerprint density at radius 2 is 1.36 bits per heavy atom. The Labute approximate surface area is 293 Å². The smallest absolute Gasteiger partial charge is 0.178 e. The Hall–Kier alpha value is -5.15. The van der Waals surface area contributed by atoms with E-state index in [0.29, 0.717) is 0 Å². The summed E-state index contributed by atoms with van der Waals surface area (Å²) in [5.41, 5.74) is 12.1. The topological polar surface area (TPSA) is 18.5 Å². The van der Waals surface area contributed by atoms with E-state index in [1.165, 1.54) is 50.8 Å². The van der Waals surface area contributed by atoms with Crippen molar-refractivity contribution in [2.75, 3.05) is 7.11 Å². The summed E-state index contributed by atoms with van der Waals surface area (Å²) in [6.07, 6.45) is 10.1. The van der Waals surface area contributed by atoms with Crippen LogP contribution in [0, 0.1) is 5.82 Å². The fraction of sp³-hybridized carbons (Fsp3) is 0.234. The molecule has 50 heavy (non-hydrogen) atoms. The van der Waals surface area contributed by atoms with Crippen LogP contribution < -0.4 is 9.47 Å². The van der Waals surface area contributed by atoms with Crippen molar-refractivity contribution in [1.82, 2.24) is 0 Å². The first-order valence-corrected chi connectivity index (χ1v) is 18.0. The predicted molar refractivity (Wildman–Crippen MR) is 201 cm³/mol. The van der Waals surface area contributed by atoms with E-state index in [4.69, 9.17) is 9.47 Å². The van der Waals surface area contributed by atoms with Crippen LogP contribution in [0.4, 0.5) is 4.39 Å². The summed E-state index contributed by atoms with van der Waals surface area (Å²) < 4.78 is 28.4. The summed E-state index contributed by atoms with van der Waals surface area (Å²) in [6, 6.07) is 38.2. The van der Waals surface area contributed by atoms with E-state index in [1.807, 2.05) is 24.3 Å². The van der Waals surface area contributed by atoms with Gasteiger partial charge in [-0.2, -0.15) is 0 Å². The largest absolute Gasteiger partial charge is 0.497 e. The number of rotatable bonds is 3. The van der Waals surface area contributed by atoms with Crippen LogP contribution in [-0.2, 0) is 16.4 Å². The molecule has 1 heterocycles. The Balaban J connectivity index is 1.25. The van der Waals surface area contributed by atoms with Gasteiger partial charge < -0.3 is 9.47 Å². The number of hydrogen-bond donors (Lipinski definition) is 0. The summed E-state index contributed by atoms with van der Waals surface area (Å²) in [6.45, 7) is 4.66. The first kappa shape index (κ1) is 29.7. The van der Waals surface area contributed by atoms with Gasteiger partial charge in [0.05, 0.1) is 7.11 Å². The number of ether oxygens (including phenoxy) is 2. The maximum atomic E-state index is 15.1. The monoisotopic (exact) mass is 654 g/mol. The third-order valence-corrected chi connectivity index (χ3v) is 12.4. The summed E-state index contributed by atoms with van der Waals surface area (Å²) in [4.78, 5) is 0. The number of fused-ring (bicyclic) bond motifs is 13. The van der Waals surface area contributed by atoms with Crippen LogP contribution in [0.15, 0.2) is 115 Å². The summed E-state index contributed by atoms with van der Waals surface area (Å²) in [5, 5.41) is 2.25. The minimum absolute atomic E-state index is 0.152. The second kappa shape index (κ2) is 10.4. The zero-order chi connectivity index (χ0) is 33.8. The Morgan fingerprint density at radius 1 is 0.660 bits per heavy atom. The molecule has 4 aliphatic rings. The molecule has 0 radical (unpaired) electrons. The van der Waals surface area contributed by atoms with Crippen LogP contribution in [0.3, 0.4) is 0 Å². The normalized spacial score (nSPS) is 20.1. The molecule has 0 amide bonds. The van der Waals surface area contributed by atoms with Gasteiger partial charge in [0.25, 0.3) is 0 Å². The fourth-order valence-electron chi connectivity index (χ4n) is 10.1. The summed E-state index contributed by atoms with van der Waals surface area (Å²) in [5.74, 6) is 1.55. The van der Waals surface area contributed by atoms with Crippen LogP contribution in [0.5, 0.6) is 11.5 Å². The van der Waals surface area contributed by atoms with Crippen LogP contribution in [0.2, 0.25) is 0 Å². The standard InChI is InChI=1S/C47H39FO2/c1-45(2)39-14-8-7-11-33(39)34-21-17-30(27-40(34)45)47(29-15-19-32(49-3)20-16-29)26-23-38-43-42(35-12-5-6-13-36(35)44(38)50-47)37-22-18-31(48)28-41(37)46(43)24-9-4-10-25-46/h5-8,11-23,26-28H,4,9-10,24-25H2,1-3H3. The van der Waals surface area contributed by atoms with Crippen molar-refractivity contribution in [2.24, 2.45) is 0 Å². The second-order valence-corrected chi connectivity index (χ2v) is 15.2. The number of benzene rings is 6. The molecule has 2 nitrogen and oxygen atoms in total. The molecular weight excluding hydrogens is 616 g/mol. The SMILES string of the molecule is COc1ccc(C2(c3ccc4c(c3)C(C)(C)c3ccccc3-4)C=Cc3c4c(c5ccccc5c3O2)-c2ccc(F)cc2C42CCCCC2)cc1. The lowest BCUT2D eigenvalue weighted by Gasteiger charge is -2.41. The van der Waals surface area contributed by atoms with Gasteiger partial charge in [0.2, 0.25) is 0 Å². The molecule has 0 N–H and O–H groups in total. The highest BCUT2D eigenvalue weighted by molar-refractivity contribution is 6.08. The molecule has 3 aliphatic carbocycles.